The summed E-state index contributed by atoms with van der Waals surface area (Å²) >= 11 is 0. The number of nitrogens with zero attached hydrogens (tertiary/aromatic N) is 1. The summed E-state index contributed by atoms with van der Waals surface area (Å²) in [5.41, 5.74) is 2.73. The van der Waals surface area contributed by atoms with E-state index in [4.69, 9.17) is 9.15 Å². The van der Waals surface area contributed by atoms with Crippen molar-refractivity contribution >= 4 is 12.1 Å². The van der Waals surface area contributed by atoms with Crippen LogP contribution in [0, 0.1) is 0 Å². The van der Waals surface area contributed by atoms with E-state index < -0.39 is 5.41 Å². The van der Waals surface area contributed by atoms with Gasteiger partial charge in [-0.25, -0.2) is 5.43 Å². The largest absolute Gasteiger partial charge is 0.494 e. The average Bonchev–Trinajstić information content (AvgIpc) is 3.01. The fourth-order valence-corrected chi connectivity index (χ4v) is 1.92. The van der Waals surface area contributed by atoms with Gasteiger partial charge in [0.15, 0.2) is 0 Å². The Morgan fingerprint density at radius 3 is 2.64 bits per heavy atom. The predicted octanol–water partition coefficient (Wildman–Crippen LogP) is 3.11. The number of carbonyl (C=O) groups excluding carboxylic acids is 1. The van der Waals surface area contributed by atoms with E-state index >= 15 is 0 Å². The highest BCUT2D eigenvalue weighted by atomic mass is 16.5. The Morgan fingerprint density at radius 1 is 1.32 bits per heavy atom. The Labute approximate surface area is 130 Å². The summed E-state index contributed by atoms with van der Waals surface area (Å²) in [6, 6.07) is 11.0. The van der Waals surface area contributed by atoms with Crippen LogP contribution in [-0.4, -0.2) is 18.7 Å². The number of amides is 1. The zero-order chi connectivity index (χ0) is 16.0. The van der Waals surface area contributed by atoms with Crippen molar-refractivity contribution in [3.8, 4) is 5.75 Å². The third kappa shape index (κ3) is 3.75. The van der Waals surface area contributed by atoms with Crippen LogP contribution in [-0.2, 0) is 10.2 Å². The Morgan fingerprint density at radius 2 is 2.05 bits per heavy atom. The van der Waals surface area contributed by atoms with Crippen LogP contribution < -0.4 is 10.2 Å². The molecule has 5 heteroatoms. The molecule has 0 saturated heterocycles. The van der Waals surface area contributed by atoms with Crippen LogP contribution in [0.4, 0.5) is 0 Å². The van der Waals surface area contributed by atoms with Crippen LogP contribution in [0.2, 0.25) is 0 Å². The van der Waals surface area contributed by atoms with E-state index in [1.165, 1.54) is 6.21 Å². The lowest BCUT2D eigenvalue weighted by Gasteiger charge is -2.22. The number of nitrogens with one attached hydrogen (secondary N) is 1. The molecule has 1 aromatic heterocycles. The van der Waals surface area contributed by atoms with Crippen LogP contribution in [0.25, 0.3) is 0 Å². The molecular formula is C17H20N2O3. The minimum atomic E-state index is -0.703. The van der Waals surface area contributed by atoms with Crippen LogP contribution in [0.3, 0.4) is 0 Å². The van der Waals surface area contributed by atoms with E-state index in [1.807, 2.05) is 45.0 Å². The van der Waals surface area contributed by atoms with Crippen LogP contribution in [0.1, 0.15) is 32.1 Å². The van der Waals surface area contributed by atoms with Crippen molar-refractivity contribution in [3.63, 3.8) is 0 Å². The van der Waals surface area contributed by atoms with E-state index in [-0.39, 0.29) is 5.91 Å². The Hall–Kier alpha value is -2.56. The van der Waals surface area contributed by atoms with Gasteiger partial charge in [0.2, 0.25) is 5.91 Å². The maximum Gasteiger partial charge on any atom is 0.250 e. The Kier molecular flexibility index (Phi) is 4.99. The molecule has 1 amide bonds. The normalized spacial score (nSPS) is 11.6. The van der Waals surface area contributed by atoms with Gasteiger partial charge in [-0.1, -0.05) is 12.1 Å². The average molecular weight is 300 g/mol. The standard InChI is InChI=1S/C17H20N2O3/c1-4-21-14-9-7-13(8-10-14)17(2,3)16(20)19-18-12-15-6-5-11-22-15/h5-12H,4H2,1-3H3,(H,19,20). The molecule has 2 aromatic rings. The van der Waals surface area contributed by atoms with Crippen molar-refractivity contribution in [2.24, 2.45) is 5.10 Å². The highest BCUT2D eigenvalue weighted by Gasteiger charge is 2.29. The summed E-state index contributed by atoms with van der Waals surface area (Å²) in [4.78, 5) is 12.3. The van der Waals surface area contributed by atoms with Crippen LogP contribution >= 0.6 is 0 Å². The van der Waals surface area contributed by atoms with Gasteiger partial charge in [0.05, 0.1) is 24.5 Å². The van der Waals surface area contributed by atoms with Gasteiger partial charge < -0.3 is 9.15 Å². The Balaban J connectivity index is 2.03. The van der Waals surface area contributed by atoms with Crippen molar-refractivity contribution in [2.75, 3.05) is 6.61 Å². The van der Waals surface area contributed by atoms with Gasteiger partial charge in [0, 0.05) is 0 Å². The van der Waals surface area contributed by atoms with E-state index in [0.717, 1.165) is 11.3 Å². The van der Waals surface area contributed by atoms with Gasteiger partial charge in [-0.2, -0.15) is 5.10 Å². The lowest BCUT2D eigenvalue weighted by Crippen LogP contribution is -2.37. The van der Waals surface area contributed by atoms with Gasteiger partial charge >= 0.3 is 0 Å². The van der Waals surface area contributed by atoms with Gasteiger partial charge in [-0.05, 0) is 50.6 Å². The molecule has 1 N–H and O–H groups in total. The molecule has 22 heavy (non-hydrogen) atoms. The number of carbonyl (C=O) groups is 1. The van der Waals surface area contributed by atoms with Crippen molar-refractivity contribution in [3.05, 3.63) is 54.0 Å². The lowest BCUT2D eigenvalue weighted by atomic mass is 9.84. The maximum absolute atomic E-state index is 12.3. The summed E-state index contributed by atoms with van der Waals surface area (Å²) in [7, 11) is 0. The number of ether oxygens (including phenoxy) is 1. The summed E-state index contributed by atoms with van der Waals surface area (Å²) in [6.07, 6.45) is 3.01. The maximum atomic E-state index is 12.3. The molecule has 0 unspecified atom stereocenters. The molecular weight excluding hydrogens is 280 g/mol. The fourth-order valence-electron chi connectivity index (χ4n) is 1.92. The second-order valence-electron chi connectivity index (χ2n) is 5.30. The van der Waals surface area contributed by atoms with Crippen molar-refractivity contribution in [1.82, 2.24) is 5.43 Å². The molecule has 0 aliphatic heterocycles. The Bertz CT molecular complexity index is 628. The number of hydrazone groups is 1. The molecule has 0 saturated carbocycles. The van der Waals surface area contributed by atoms with Crippen LogP contribution in [0.15, 0.2) is 52.2 Å². The van der Waals surface area contributed by atoms with Gasteiger partial charge in [0.1, 0.15) is 11.5 Å². The molecule has 2 rings (SSSR count). The molecule has 0 radical (unpaired) electrons. The van der Waals surface area contributed by atoms with Crippen molar-refractivity contribution in [2.45, 2.75) is 26.2 Å². The van der Waals surface area contributed by atoms with Gasteiger partial charge in [-0.3, -0.25) is 4.79 Å². The highest BCUT2D eigenvalue weighted by Crippen LogP contribution is 2.25. The summed E-state index contributed by atoms with van der Waals surface area (Å²) in [5, 5.41) is 3.91. The van der Waals surface area contributed by atoms with E-state index in [1.54, 1.807) is 18.4 Å². The summed E-state index contributed by atoms with van der Waals surface area (Å²) < 4.78 is 10.5. The third-order valence-corrected chi connectivity index (χ3v) is 3.36. The highest BCUT2D eigenvalue weighted by molar-refractivity contribution is 5.88. The molecule has 1 aromatic carbocycles. The van der Waals surface area contributed by atoms with E-state index in [0.29, 0.717) is 12.4 Å². The van der Waals surface area contributed by atoms with Crippen molar-refractivity contribution in [1.29, 1.82) is 0 Å². The molecule has 116 valence electrons. The quantitative estimate of drug-likeness (QED) is 0.658. The monoisotopic (exact) mass is 300 g/mol. The molecule has 0 fully saturated rings. The second-order valence-corrected chi connectivity index (χ2v) is 5.30. The molecule has 5 nitrogen and oxygen atoms in total. The molecule has 0 spiro atoms. The summed E-state index contributed by atoms with van der Waals surface area (Å²) in [5.74, 6) is 1.18. The first-order chi connectivity index (χ1) is 10.5. The number of hydrogen-bond donors (Lipinski definition) is 1. The van der Waals surface area contributed by atoms with E-state index in [2.05, 4.69) is 10.5 Å². The second kappa shape index (κ2) is 6.93. The number of hydrogen-bond acceptors (Lipinski definition) is 4. The van der Waals surface area contributed by atoms with Crippen molar-refractivity contribution < 1.29 is 13.9 Å². The SMILES string of the molecule is CCOc1ccc(C(C)(C)C(=O)NN=Cc2ccco2)cc1. The summed E-state index contributed by atoms with van der Waals surface area (Å²) in [6.45, 7) is 6.24. The zero-order valence-corrected chi connectivity index (χ0v) is 13.0. The fraction of sp³-hybridized carbons (Fsp3) is 0.294. The zero-order valence-electron chi connectivity index (χ0n) is 13.0. The molecule has 0 aliphatic rings. The molecule has 1 heterocycles. The lowest BCUT2D eigenvalue weighted by molar-refractivity contribution is -0.125. The third-order valence-electron chi connectivity index (χ3n) is 3.36. The predicted molar refractivity (Wildman–Crippen MR) is 85.1 cm³/mol. The molecule has 0 bridgehead atoms. The topological polar surface area (TPSA) is 63.8 Å². The molecule has 0 aliphatic carbocycles. The van der Waals surface area contributed by atoms with Gasteiger partial charge in [0.25, 0.3) is 0 Å². The minimum Gasteiger partial charge on any atom is -0.494 e. The van der Waals surface area contributed by atoms with E-state index in [9.17, 15) is 4.79 Å². The minimum absolute atomic E-state index is 0.195. The first-order valence-electron chi connectivity index (χ1n) is 7.14. The molecule has 0 atom stereocenters. The number of benzene rings is 1. The number of furan rings is 1. The number of rotatable bonds is 6. The smallest absolute Gasteiger partial charge is 0.250 e. The van der Waals surface area contributed by atoms with Crippen LogP contribution in [0.5, 0.6) is 5.75 Å². The first-order valence-corrected chi connectivity index (χ1v) is 7.14. The van der Waals surface area contributed by atoms with Gasteiger partial charge in [-0.15, -0.1) is 0 Å². The first kappa shape index (κ1) is 15.8.